The lowest BCUT2D eigenvalue weighted by molar-refractivity contribution is -0.142. The van der Waals surface area contributed by atoms with Crippen molar-refractivity contribution in [2.24, 2.45) is 5.92 Å². The first-order chi connectivity index (χ1) is 7.95. The Kier molecular flexibility index (Phi) is 3.12. The van der Waals surface area contributed by atoms with Gasteiger partial charge in [-0.25, -0.2) is 4.98 Å². The van der Waals surface area contributed by atoms with Crippen LogP contribution in [-0.2, 0) is 10.2 Å². The molecule has 1 aromatic heterocycles. The maximum Gasteiger partial charge on any atom is 0.315 e. The lowest BCUT2D eigenvalue weighted by Crippen LogP contribution is -2.28. The average molecular weight is 254 g/mol. The number of aromatic nitrogens is 1. The van der Waals surface area contributed by atoms with E-state index in [-0.39, 0.29) is 0 Å². The van der Waals surface area contributed by atoms with Gasteiger partial charge in [-0.05, 0) is 26.2 Å². The smallest absolute Gasteiger partial charge is 0.315 e. The van der Waals surface area contributed by atoms with Crippen molar-refractivity contribution in [2.45, 2.75) is 45.1 Å². The van der Waals surface area contributed by atoms with Gasteiger partial charge in [-0.15, -0.1) is 11.3 Å². The molecule has 17 heavy (non-hydrogen) atoms. The van der Waals surface area contributed by atoms with Crippen LogP contribution >= 0.6 is 11.3 Å². The maximum atomic E-state index is 11.1. The summed E-state index contributed by atoms with van der Waals surface area (Å²) in [5.41, 5.74) is -0.282. The molecule has 5 heteroatoms. The van der Waals surface area contributed by atoms with Crippen LogP contribution in [0.5, 0.6) is 0 Å². The molecule has 0 bridgehead atoms. The molecule has 0 radical (unpaired) electrons. The minimum absolute atomic E-state index is 0.534. The predicted molar refractivity (Wildman–Crippen MR) is 68.6 cm³/mol. The van der Waals surface area contributed by atoms with E-state index in [1.807, 2.05) is 5.38 Å². The lowest BCUT2D eigenvalue weighted by Gasteiger charge is -2.15. The Balaban J connectivity index is 2.04. The molecule has 0 amide bonds. The third kappa shape index (κ3) is 2.44. The topological polar surface area (TPSA) is 62.2 Å². The highest BCUT2D eigenvalue weighted by Gasteiger charge is 2.37. The summed E-state index contributed by atoms with van der Waals surface area (Å²) >= 11 is 1.49. The van der Waals surface area contributed by atoms with Crippen molar-refractivity contribution in [3.05, 3.63) is 11.1 Å². The van der Waals surface area contributed by atoms with Crippen LogP contribution < -0.4 is 5.32 Å². The Bertz CT molecular complexity index is 428. The van der Waals surface area contributed by atoms with Gasteiger partial charge in [0.05, 0.1) is 5.69 Å². The van der Waals surface area contributed by atoms with E-state index in [9.17, 15) is 4.79 Å². The summed E-state index contributed by atoms with van der Waals surface area (Å²) < 4.78 is 0. The zero-order valence-electron chi connectivity index (χ0n) is 10.4. The van der Waals surface area contributed by atoms with E-state index >= 15 is 0 Å². The molecule has 2 rings (SSSR count). The first-order valence-electron chi connectivity index (χ1n) is 5.91. The molecule has 94 valence electrons. The molecule has 2 N–H and O–H groups in total. The van der Waals surface area contributed by atoms with Gasteiger partial charge in [0.15, 0.2) is 5.13 Å². The highest BCUT2D eigenvalue weighted by molar-refractivity contribution is 7.13. The maximum absolute atomic E-state index is 11.1. The molecule has 1 aromatic rings. The van der Waals surface area contributed by atoms with E-state index in [0.29, 0.717) is 11.7 Å². The number of carboxylic acid groups (broad SMARTS) is 1. The van der Waals surface area contributed by atoms with E-state index in [4.69, 9.17) is 5.11 Å². The fraction of sp³-hybridized carbons (Fsp3) is 0.667. The Morgan fingerprint density at radius 1 is 1.71 bits per heavy atom. The van der Waals surface area contributed by atoms with Crippen LogP contribution in [0.2, 0.25) is 0 Å². The van der Waals surface area contributed by atoms with Crippen molar-refractivity contribution in [3.8, 4) is 0 Å². The molecule has 1 aliphatic rings. The molecule has 0 aromatic carbocycles. The molecule has 0 spiro atoms. The fourth-order valence-corrected chi connectivity index (χ4v) is 2.71. The van der Waals surface area contributed by atoms with E-state index in [1.54, 1.807) is 13.8 Å². The van der Waals surface area contributed by atoms with Crippen molar-refractivity contribution >= 4 is 22.4 Å². The van der Waals surface area contributed by atoms with E-state index in [2.05, 4.69) is 17.2 Å². The van der Waals surface area contributed by atoms with Gasteiger partial charge in [0, 0.05) is 11.4 Å². The monoisotopic (exact) mass is 254 g/mol. The van der Waals surface area contributed by atoms with Gasteiger partial charge in [-0.3, -0.25) is 4.79 Å². The van der Waals surface area contributed by atoms with Gasteiger partial charge in [0.25, 0.3) is 0 Å². The molecule has 1 heterocycles. The normalized spacial score (nSPS) is 23.5. The molecule has 1 aliphatic carbocycles. The average Bonchev–Trinajstić information content (AvgIpc) is 2.83. The van der Waals surface area contributed by atoms with E-state index in [1.165, 1.54) is 24.2 Å². The van der Waals surface area contributed by atoms with Crippen molar-refractivity contribution in [1.82, 2.24) is 4.98 Å². The molecule has 1 fully saturated rings. The number of aliphatic carboxylic acids is 1. The van der Waals surface area contributed by atoms with Crippen molar-refractivity contribution in [3.63, 3.8) is 0 Å². The zero-order chi connectivity index (χ0) is 12.6. The Morgan fingerprint density at radius 2 is 2.41 bits per heavy atom. The summed E-state index contributed by atoms with van der Waals surface area (Å²) in [5, 5.41) is 15.2. The van der Waals surface area contributed by atoms with Crippen LogP contribution in [0.3, 0.4) is 0 Å². The standard InChI is InChI=1S/C12H18N2O2S/c1-4-7-5-8(7)13-11-14-9(6-17-11)12(2,3)10(15)16/h6-8H,4-5H2,1-3H3,(H,13,14)(H,15,16). The molecule has 0 saturated heterocycles. The molecule has 0 aliphatic heterocycles. The number of nitrogens with one attached hydrogen (secondary N) is 1. The predicted octanol–water partition coefficient (Wildman–Crippen LogP) is 2.72. The Labute approximate surface area is 105 Å². The molecule has 2 atom stereocenters. The quantitative estimate of drug-likeness (QED) is 0.848. The molecular weight excluding hydrogens is 236 g/mol. The number of carboxylic acids is 1. The summed E-state index contributed by atoms with van der Waals surface area (Å²) in [6, 6.07) is 0.534. The minimum Gasteiger partial charge on any atom is -0.481 e. The van der Waals surface area contributed by atoms with Crippen LogP contribution in [0.1, 0.15) is 39.3 Å². The largest absolute Gasteiger partial charge is 0.481 e. The number of carbonyl (C=O) groups is 1. The minimum atomic E-state index is -0.913. The van der Waals surface area contributed by atoms with Crippen LogP contribution in [0, 0.1) is 5.92 Å². The van der Waals surface area contributed by atoms with Crippen molar-refractivity contribution in [2.75, 3.05) is 5.32 Å². The summed E-state index contributed by atoms with van der Waals surface area (Å²) in [6.07, 6.45) is 2.39. The zero-order valence-corrected chi connectivity index (χ0v) is 11.2. The lowest BCUT2D eigenvalue weighted by atomic mass is 9.90. The van der Waals surface area contributed by atoms with Gasteiger partial charge in [-0.2, -0.15) is 0 Å². The first-order valence-corrected chi connectivity index (χ1v) is 6.79. The fourth-order valence-electron chi connectivity index (χ4n) is 1.77. The number of rotatable bonds is 5. The van der Waals surface area contributed by atoms with Crippen LogP contribution in [-0.4, -0.2) is 22.1 Å². The van der Waals surface area contributed by atoms with Gasteiger partial charge in [-0.1, -0.05) is 13.3 Å². The van der Waals surface area contributed by atoms with Gasteiger partial charge >= 0.3 is 5.97 Å². The summed E-state index contributed by atoms with van der Waals surface area (Å²) in [4.78, 5) is 15.5. The highest BCUT2D eigenvalue weighted by Crippen LogP contribution is 2.37. The van der Waals surface area contributed by atoms with E-state index < -0.39 is 11.4 Å². The summed E-state index contributed by atoms with van der Waals surface area (Å²) in [6.45, 7) is 5.55. The molecule has 1 saturated carbocycles. The second-order valence-corrected chi connectivity index (χ2v) is 5.98. The first kappa shape index (κ1) is 12.4. The second-order valence-electron chi connectivity index (χ2n) is 5.12. The summed E-state index contributed by atoms with van der Waals surface area (Å²) in [5.74, 6) is -0.0814. The van der Waals surface area contributed by atoms with Crippen LogP contribution in [0.15, 0.2) is 5.38 Å². The Hall–Kier alpha value is -1.10. The number of nitrogens with zero attached hydrogens (tertiary/aromatic N) is 1. The number of thiazole rings is 1. The van der Waals surface area contributed by atoms with Crippen molar-refractivity contribution in [1.29, 1.82) is 0 Å². The Morgan fingerprint density at radius 3 is 2.94 bits per heavy atom. The summed E-state index contributed by atoms with van der Waals surface area (Å²) in [7, 11) is 0. The molecule has 2 unspecified atom stereocenters. The number of anilines is 1. The van der Waals surface area contributed by atoms with Gasteiger partial charge < -0.3 is 10.4 Å². The van der Waals surface area contributed by atoms with Gasteiger partial charge in [0.1, 0.15) is 5.41 Å². The van der Waals surface area contributed by atoms with Gasteiger partial charge in [0.2, 0.25) is 0 Å². The molecule has 4 nitrogen and oxygen atoms in total. The van der Waals surface area contributed by atoms with Crippen LogP contribution in [0.25, 0.3) is 0 Å². The third-order valence-electron chi connectivity index (χ3n) is 3.44. The second kappa shape index (κ2) is 4.29. The SMILES string of the molecule is CCC1CC1Nc1nc(C(C)(C)C(=O)O)cs1. The van der Waals surface area contributed by atoms with Crippen molar-refractivity contribution < 1.29 is 9.90 Å². The van der Waals surface area contributed by atoms with E-state index in [0.717, 1.165) is 11.0 Å². The number of hydrogen-bond acceptors (Lipinski definition) is 4. The molecular formula is C12H18N2O2S. The number of hydrogen-bond donors (Lipinski definition) is 2. The third-order valence-corrected chi connectivity index (χ3v) is 4.21. The van der Waals surface area contributed by atoms with Crippen LogP contribution in [0.4, 0.5) is 5.13 Å². The highest BCUT2D eigenvalue weighted by atomic mass is 32.1.